The van der Waals surface area contributed by atoms with E-state index in [0.717, 1.165) is 47.0 Å². The molecule has 0 saturated carbocycles. The first-order valence-corrected chi connectivity index (χ1v) is 11.9. The number of aryl methyl sites for hydroxylation is 1. The van der Waals surface area contributed by atoms with Crippen molar-refractivity contribution in [3.63, 3.8) is 0 Å². The van der Waals surface area contributed by atoms with E-state index in [9.17, 15) is 14.0 Å². The molecule has 3 heterocycles. The summed E-state index contributed by atoms with van der Waals surface area (Å²) >= 11 is 0. The smallest absolute Gasteiger partial charge is 0.321 e. The van der Waals surface area contributed by atoms with Gasteiger partial charge in [-0.3, -0.25) is 4.79 Å². The van der Waals surface area contributed by atoms with E-state index in [1.165, 1.54) is 17.7 Å². The molecule has 2 aromatic carbocycles. The summed E-state index contributed by atoms with van der Waals surface area (Å²) < 4.78 is 13.5. The molecule has 0 bridgehead atoms. The molecule has 1 saturated heterocycles. The second-order valence-electron chi connectivity index (χ2n) is 9.24. The van der Waals surface area contributed by atoms with Gasteiger partial charge in [0.1, 0.15) is 5.82 Å². The van der Waals surface area contributed by atoms with Crippen LogP contribution in [0.2, 0.25) is 0 Å². The van der Waals surface area contributed by atoms with Crippen LogP contribution in [0.3, 0.4) is 0 Å². The van der Waals surface area contributed by atoms with Crippen molar-refractivity contribution in [3.8, 4) is 0 Å². The predicted octanol–water partition coefficient (Wildman–Crippen LogP) is 5.18. The highest BCUT2D eigenvalue weighted by Crippen LogP contribution is 2.30. The van der Waals surface area contributed by atoms with Crippen LogP contribution >= 0.6 is 0 Å². The van der Waals surface area contributed by atoms with Crippen LogP contribution in [0.25, 0.3) is 16.5 Å². The summed E-state index contributed by atoms with van der Waals surface area (Å²) in [4.78, 5) is 32.8. The third kappa shape index (κ3) is 4.55. The molecular formula is C27H29FN4O2. The Kier molecular flexibility index (Phi) is 6.09. The van der Waals surface area contributed by atoms with Crippen molar-refractivity contribution in [2.45, 2.75) is 26.2 Å². The van der Waals surface area contributed by atoms with E-state index in [1.54, 1.807) is 11.0 Å². The number of carbonyl (C=O) groups excluding carboxylic acids is 2. The Hall–Kier alpha value is -3.61. The molecule has 1 atom stereocenters. The number of fused-ring (bicyclic) bond motifs is 1. The number of hydrogen-bond donors (Lipinski definition) is 2. The van der Waals surface area contributed by atoms with E-state index in [1.807, 2.05) is 42.3 Å². The molecule has 3 amide bonds. The molecule has 34 heavy (non-hydrogen) atoms. The lowest BCUT2D eigenvalue weighted by atomic mass is 9.94. The van der Waals surface area contributed by atoms with Crippen molar-refractivity contribution in [1.82, 2.24) is 14.8 Å². The van der Waals surface area contributed by atoms with E-state index >= 15 is 0 Å². The highest BCUT2D eigenvalue weighted by atomic mass is 19.1. The first-order chi connectivity index (χ1) is 16.5. The van der Waals surface area contributed by atoms with Gasteiger partial charge in [0.05, 0.1) is 5.92 Å². The lowest BCUT2D eigenvalue weighted by molar-refractivity contribution is -0.136. The molecular weight excluding hydrogens is 431 g/mol. The summed E-state index contributed by atoms with van der Waals surface area (Å²) in [6.07, 6.45) is 6.38. The molecule has 176 valence electrons. The second-order valence-corrected chi connectivity index (χ2v) is 9.24. The zero-order valence-corrected chi connectivity index (χ0v) is 19.3. The number of urea groups is 1. The van der Waals surface area contributed by atoms with Gasteiger partial charge < -0.3 is 20.1 Å². The molecule has 1 unspecified atom stereocenters. The lowest BCUT2D eigenvalue weighted by Gasteiger charge is -2.36. The van der Waals surface area contributed by atoms with Gasteiger partial charge in [-0.25, -0.2) is 9.18 Å². The fraction of sp³-hybridized carbons (Fsp3) is 0.333. The van der Waals surface area contributed by atoms with Crippen LogP contribution in [0, 0.1) is 18.7 Å². The zero-order chi connectivity index (χ0) is 23.7. The van der Waals surface area contributed by atoms with Crippen LogP contribution in [-0.2, 0) is 4.79 Å². The van der Waals surface area contributed by atoms with Gasteiger partial charge in [-0.05, 0) is 67.7 Å². The van der Waals surface area contributed by atoms with Gasteiger partial charge in [-0.15, -0.1) is 0 Å². The fourth-order valence-corrected chi connectivity index (χ4v) is 5.02. The van der Waals surface area contributed by atoms with E-state index in [2.05, 4.69) is 16.4 Å². The number of H-pyrrole nitrogens is 1. The minimum atomic E-state index is -0.260. The molecule has 2 aliphatic heterocycles. The summed E-state index contributed by atoms with van der Waals surface area (Å²) in [5.74, 6) is -0.322. The Morgan fingerprint density at radius 2 is 2.00 bits per heavy atom. The summed E-state index contributed by atoms with van der Waals surface area (Å²) in [6.45, 7) is 4.28. The van der Waals surface area contributed by atoms with Crippen molar-refractivity contribution in [3.05, 3.63) is 71.7 Å². The van der Waals surface area contributed by atoms with Gasteiger partial charge in [0, 0.05) is 54.5 Å². The van der Waals surface area contributed by atoms with Crippen LogP contribution in [0.1, 0.15) is 30.4 Å². The van der Waals surface area contributed by atoms with Gasteiger partial charge >= 0.3 is 6.03 Å². The van der Waals surface area contributed by atoms with Crippen LogP contribution in [0.5, 0.6) is 0 Å². The SMILES string of the molecule is Cc1cccc(NC(=O)N2CCCC(C(=O)N3CC=C(c4c[nH]c5cc(F)ccc45)CC3)C2)c1. The summed E-state index contributed by atoms with van der Waals surface area (Å²) in [5, 5.41) is 3.95. The number of aromatic amines is 1. The van der Waals surface area contributed by atoms with Gasteiger partial charge in [0.25, 0.3) is 0 Å². The molecule has 7 heteroatoms. The van der Waals surface area contributed by atoms with E-state index in [0.29, 0.717) is 26.2 Å². The van der Waals surface area contributed by atoms with Crippen LogP contribution < -0.4 is 5.32 Å². The fourth-order valence-electron chi connectivity index (χ4n) is 5.02. The quantitative estimate of drug-likeness (QED) is 0.566. The number of aromatic nitrogens is 1. The molecule has 1 aromatic heterocycles. The van der Waals surface area contributed by atoms with Crippen LogP contribution in [0.15, 0.2) is 54.7 Å². The van der Waals surface area contributed by atoms with Crippen molar-refractivity contribution >= 4 is 34.1 Å². The maximum Gasteiger partial charge on any atom is 0.321 e. The van der Waals surface area contributed by atoms with E-state index in [4.69, 9.17) is 0 Å². The van der Waals surface area contributed by atoms with Crippen molar-refractivity contribution < 1.29 is 14.0 Å². The van der Waals surface area contributed by atoms with Crippen molar-refractivity contribution in [2.75, 3.05) is 31.5 Å². The molecule has 5 rings (SSSR count). The number of piperidine rings is 1. The Labute approximate surface area is 198 Å². The van der Waals surface area contributed by atoms with Crippen LogP contribution in [0.4, 0.5) is 14.9 Å². The highest BCUT2D eigenvalue weighted by molar-refractivity contribution is 5.93. The summed E-state index contributed by atoms with van der Waals surface area (Å²) in [6, 6.07) is 12.3. The normalized spacial score (nSPS) is 18.6. The number of halogens is 1. The minimum absolute atomic E-state index is 0.115. The second kappa shape index (κ2) is 9.33. The zero-order valence-electron chi connectivity index (χ0n) is 19.3. The van der Waals surface area contributed by atoms with Crippen molar-refractivity contribution in [1.29, 1.82) is 0 Å². The number of amides is 3. The number of benzene rings is 2. The average molecular weight is 461 g/mol. The van der Waals surface area contributed by atoms with Gasteiger partial charge in [-0.1, -0.05) is 18.2 Å². The Morgan fingerprint density at radius 1 is 1.12 bits per heavy atom. The number of nitrogens with zero attached hydrogens (tertiary/aromatic N) is 2. The predicted molar refractivity (Wildman–Crippen MR) is 132 cm³/mol. The first-order valence-electron chi connectivity index (χ1n) is 11.9. The Balaban J connectivity index is 1.21. The highest BCUT2D eigenvalue weighted by Gasteiger charge is 2.32. The Morgan fingerprint density at radius 3 is 2.79 bits per heavy atom. The largest absolute Gasteiger partial charge is 0.360 e. The number of carbonyl (C=O) groups is 2. The number of rotatable bonds is 3. The number of likely N-dealkylation sites (tertiary alicyclic amines) is 1. The maximum absolute atomic E-state index is 13.5. The van der Waals surface area contributed by atoms with Gasteiger partial charge in [0.2, 0.25) is 5.91 Å². The van der Waals surface area contributed by atoms with Gasteiger partial charge in [0.15, 0.2) is 0 Å². The van der Waals surface area contributed by atoms with Crippen molar-refractivity contribution in [2.24, 2.45) is 5.92 Å². The minimum Gasteiger partial charge on any atom is -0.360 e. The number of nitrogens with one attached hydrogen (secondary N) is 2. The molecule has 1 fully saturated rings. The molecule has 0 radical (unpaired) electrons. The lowest BCUT2D eigenvalue weighted by Crippen LogP contribution is -2.48. The molecule has 2 aliphatic rings. The Bertz CT molecular complexity index is 1260. The number of anilines is 1. The first kappa shape index (κ1) is 22.2. The monoisotopic (exact) mass is 460 g/mol. The summed E-state index contributed by atoms with van der Waals surface area (Å²) in [5.41, 5.74) is 4.87. The van der Waals surface area contributed by atoms with E-state index in [-0.39, 0.29) is 23.7 Å². The maximum atomic E-state index is 13.5. The summed E-state index contributed by atoms with van der Waals surface area (Å²) in [7, 11) is 0. The standard InChI is InChI=1S/C27H29FN4O2/c1-18-4-2-6-22(14-18)30-27(34)32-11-3-5-20(17-32)26(33)31-12-9-19(10-13-31)24-16-29-25-15-21(28)7-8-23(24)25/h2,4,6-9,14-16,20,29H,3,5,10-13,17H2,1H3,(H,30,34). The third-order valence-corrected chi connectivity index (χ3v) is 6.84. The van der Waals surface area contributed by atoms with Crippen LogP contribution in [-0.4, -0.2) is 52.9 Å². The topological polar surface area (TPSA) is 68.4 Å². The molecule has 0 spiro atoms. The average Bonchev–Trinajstić information content (AvgIpc) is 3.27. The van der Waals surface area contributed by atoms with E-state index < -0.39 is 0 Å². The molecule has 2 N–H and O–H groups in total. The van der Waals surface area contributed by atoms with Gasteiger partial charge in [-0.2, -0.15) is 0 Å². The molecule has 6 nitrogen and oxygen atoms in total. The number of hydrogen-bond acceptors (Lipinski definition) is 2. The molecule has 0 aliphatic carbocycles. The third-order valence-electron chi connectivity index (χ3n) is 6.84. The molecule has 3 aromatic rings.